The Kier molecular flexibility index (Phi) is 4.63. The second-order valence-electron chi connectivity index (χ2n) is 7.62. The van der Waals surface area contributed by atoms with E-state index in [1.165, 1.54) is 6.07 Å². The lowest BCUT2D eigenvalue weighted by molar-refractivity contribution is -0.146. The Morgan fingerprint density at radius 1 is 1.00 bits per heavy atom. The second kappa shape index (κ2) is 7.36. The van der Waals surface area contributed by atoms with Gasteiger partial charge in [-0.05, 0) is 37.1 Å². The van der Waals surface area contributed by atoms with Crippen LogP contribution in [0.15, 0.2) is 30.5 Å². The van der Waals surface area contributed by atoms with Gasteiger partial charge < -0.3 is 15.1 Å². The van der Waals surface area contributed by atoms with E-state index in [2.05, 4.69) is 30.5 Å². The summed E-state index contributed by atoms with van der Waals surface area (Å²) in [5.74, 6) is -0.0318. The molecule has 162 valence electrons. The molecule has 5 rings (SSSR count). The average molecular weight is 432 g/mol. The van der Waals surface area contributed by atoms with E-state index in [9.17, 15) is 18.0 Å². The maximum absolute atomic E-state index is 13.1. The maximum Gasteiger partial charge on any atom is 0.453 e. The highest BCUT2D eigenvalue weighted by atomic mass is 19.4. The molecule has 0 radical (unpaired) electrons. The summed E-state index contributed by atoms with van der Waals surface area (Å²) >= 11 is 0. The molecule has 0 bridgehead atoms. The van der Waals surface area contributed by atoms with Crippen molar-refractivity contribution < 1.29 is 18.0 Å². The molecule has 1 saturated carbocycles. The summed E-state index contributed by atoms with van der Waals surface area (Å²) in [4.78, 5) is 20.2. The first-order chi connectivity index (χ1) is 14.9. The number of nitrogens with one attached hydrogen (secondary N) is 1. The van der Waals surface area contributed by atoms with Gasteiger partial charge in [0.25, 0.3) is 5.82 Å². The third kappa shape index (κ3) is 3.97. The van der Waals surface area contributed by atoms with Crippen LogP contribution in [0, 0.1) is 5.92 Å². The molecule has 0 unspecified atom stereocenters. The van der Waals surface area contributed by atoms with Gasteiger partial charge in [0.2, 0.25) is 5.91 Å². The van der Waals surface area contributed by atoms with Crippen LogP contribution in [-0.4, -0.2) is 56.9 Å². The third-order valence-electron chi connectivity index (χ3n) is 5.42. The molecule has 9 nitrogen and oxygen atoms in total. The van der Waals surface area contributed by atoms with E-state index in [-0.39, 0.29) is 17.5 Å². The van der Waals surface area contributed by atoms with Crippen molar-refractivity contribution in [3.8, 4) is 0 Å². The third-order valence-corrected chi connectivity index (χ3v) is 5.42. The van der Waals surface area contributed by atoms with Crippen molar-refractivity contribution in [3.05, 3.63) is 36.3 Å². The fourth-order valence-corrected chi connectivity index (χ4v) is 3.54. The summed E-state index contributed by atoms with van der Waals surface area (Å²) in [7, 11) is 0. The van der Waals surface area contributed by atoms with Crippen LogP contribution in [0.3, 0.4) is 0 Å². The summed E-state index contributed by atoms with van der Waals surface area (Å²) in [6, 6.07) is 6.82. The lowest BCUT2D eigenvalue weighted by atomic mass is 10.2. The summed E-state index contributed by atoms with van der Waals surface area (Å²) in [6.45, 7) is 2.48. The Morgan fingerprint density at radius 2 is 1.74 bits per heavy atom. The van der Waals surface area contributed by atoms with Crippen molar-refractivity contribution in [2.24, 2.45) is 5.92 Å². The average Bonchev–Trinajstić information content (AvgIpc) is 3.52. The maximum atomic E-state index is 13.1. The monoisotopic (exact) mass is 432 g/mol. The predicted molar refractivity (Wildman–Crippen MR) is 106 cm³/mol. The smallest absolute Gasteiger partial charge is 0.367 e. The fourth-order valence-electron chi connectivity index (χ4n) is 3.54. The highest BCUT2D eigenvalue weighted by molar-refractivity contribution is 5.93. The SMILES string of the molecule is O=C(Nc1ccc(N2CCN(c3ccc4nnc(C(F)(F)F)n4n3)CC2)cn1)C1CC1. The molecule has 2 aliphatic rings. The van der Waals surface area contributed by atoms with Crippen LogP contribution >= 0.6 is 0 Å². The van der Waals surface area contributed by atoms with Crippen LogP contribution in [0.5, 0.6) is 0 Å². The van der Waals surface area contributed by atoms with Gasteiger partial charge in [-0.1, -0.05) is 0 Å². The molecular formula is C19H19F3N8O. The van der Waals surface area contributed by atoms with Gasteiger partial charge in [-0.25, -0.2) is 4.98 Å². The number of anilines is 3. The number of hydrogen-bond donors (Lipinski definition) is 1. The number of carbonyl (C=O) groups is 1. The van der Waals surface area contributed by atoms with Crippen LogP contribution in [0.1, 0.15) is 18.7 Å². The van der Waals surface area contributed by atoms with Crippen LogP contribution in [0.4, 0.5) is 30.5 Å². The number of nitrogens with zero attached hydrogens (tertiary/aromatic N) is 7. The van der Waals surface area contributed by atoms with Gasteiger partial charge >= 0.3 is 6.18 Å². The minimum absolute atomic E-state index is 0.0140. The molecular weight excluding hydrogens is 413 g/mol. The van der Waals surface area contributed by atoms with Crippen molar-refractivity contribution in [3.63, 3.8) is 0 Å². The second-order valence-corrected chi connectivity index (χ2v) is 7.62. The number of hydrogen-bond acceptors (Lipinski definition) is 7. The number of rotatable bonds is 4. The number of pyridine rings is 1. The molecule has 1 N–H and O–H groups in total. The van der Waals surface area contributed by atoms with Crippen molar-refractivity contribution >= 4 is 28.9 Å². The Balaban J connectivity index is 1.24. The molecule has 31 heavy (non-hydrogen) atoms. The van der Waals surface area contributed by atoms with Gasteiger partial charge in [0.05, 0.1) is 11.9 Å². The molecule has 3 aromatic heterocycles. The highest BCUT2D eigenvalue weighted by Gasteiger charge is 2.38. The number of carbonyl (C=O) groups excluding carboxylic acids is 1. The van der Waals surface area contributed by atoms with Gasteiger partial charge in [0.1, 0.15) is 11.6 Å². The minimum atomic E-state index is -4.62. The van der Waals surface area contributed by atoms with Gasteiger partial charge in [0, 0.05) is 32.1 Å². The van der Waals surface area contributed by atoms with Gasteiger partial charge in [-0.2, -0.15) is 17.7 Å². The molecule has 1 amide bonds. The van der Waals surface area contributed by atoms with Crippen molar-refractivity contribution in [2.45, 2.75) is 19.0 Å². The molecule has 1 saturated heterocycles. The standard InChI is InChI=1S/C19H19F3N8O/c20-19(21,22)18-26-25-15-5-6-16(27-30(15)18)29-9-7-28(8-10-29)13-3-4-14(23-11-13)24-17(31)12-1-2-12/h3-6,11-12H,1-2,7-10H2,(H,23,24,31). The molecule has 1 aliphatic heterocycles. The minimum Gasteiger partial charge on any atom is -0.367 e. The zero-order valence-corrected chi connectivity index (χ0v) is 16.4. The van der Waals surface area contributed by atoms with E-state index in [0.717, 1.165) is 23.0 Å². The zero-order valence-electron chi connectivity index (χ0n) is 16.4. The van der Waals surface area contributed by atoms with Crippen LogP contribution < -0.4 is 15.1 Å². The summed E-state index contributed by atoms with van der Waals surface area (Å²) in [5, 5.41) is 13.7. The number of piperazine rings is 1. The molecule has 1 aliphatic carbocycles. The van der Waals surface area contributed by atoms with Crippen LogP contribution in [0.2, 0.25) is 0 Å². The molecule has 2 fully saturated rings. The zero-order chi connectivity index (χ0) is 21.6. The van der Waals surface area contributed by atoms with Crippen LogP contribution in [0.25, 0.3) is 5.65 Å². The first-order valence-electron chi connectivity index (χ1n) is 9.95. The first-order valence-corrected chi connectivity index (χ1v) is 9.95. The summed E-state index contributed by atoms with van der Waals surface area (Å²) in [5.41, 5.74) is 0.973. The van der Waals surface area contributed by atoms with E-state index < -0.39 is 12.0 Å². The lowest BCUT2D eigenvalue weighted by Gasteiger charge is -2.36. The van der Waals surface area contributed by atoms with Gasteiger partial charge in [0.15, 0.2) is 5.65 Å². The van der Waals surface area contributed by atoms with E-state index in [0.29, 0.717) is 37.8 Å². The predicted octanol–water partition coefficient (Wildman–Crippen LogP) is 2.21. The van der Waals surface area contributed by atoms with E-state index in [4.69, 9.17) is 0 Å². The Bertz CT molecular complexity index is 1100. The Hall–Kier alpha value is -3.44. The normalized spacial score (nSPS) is 17.3. The molecule has 0 atom stereocenters. The summed E-state index contributed by atoms with van der Waals surface area (Å²) in [6.07, 6.45) is -1.04. The topological polar surface area (TPSA) is 91.6 Å². The number of amides is 1. The van der Waals surface area contributed by atoms with Crippen molar-refractivity contribution in [2.75, 3.05) is 41.3 Å². The van der Waals surface area contributed by atoms with E-state index in [1.807, 2.05) is 11.0 Å². The molecule has 12 heteroatoms. The van der Waals surface area contributed by atoms with E-state index >= 15 is 0 Å². The van der Waals surface area contributed by atoms with Crippen molar-refractivity contribution in [1.82, 2.24) is 24.8 Å². The Morgan fingerprint density at radius 3 is 2.39 bits per heavy atom. The number of fused-ring (bicyclic) bond motifs is 1. The van der Waals surface area contributed by atoms with Gasteiger partial charge in [-0.15, -0.1) is 15.3 Å². The molecule has 0 spiro atoms. The number of halogens is 3. The lowest BCUT2D eigenvalue weighted by Crippen LogP contribution is -2.47. The van der Waals surface area contributed by atoms with Crippen LogP contribution in [-0.2, 0) is 11.0 Å². The van der Waals surface area contributed by atoms with Crippen molar-refractivity contribution in [1.29, 1.82) is 0 Å². The van der Waals surface area contributed by atoms with Gasteiger partial charge in [-0.3, -0.25) is 4.79 Å². The number of alkyl halides is 3. The largest absolute Gasteiger partial charge is 0.453 e. The Labute approximate surface area is 174 Å². The molecule has 0 aromatic carbocycles. The fraction of sp³-hybridized carbons (Fsp3) is 0.421. The highest BCUT2D eigenvalue weighted by Crippen LogP contribution is 2.30. The first kappa shape index (κ1) is 19.5. The molecule has 4 heterocycles. The number of aromatic nitrogens is 5. The molecule has 3 aromatic rings. The van der Waals surface area contributed by atoms with E-state index in [1.54, 1.807) is 18.3 Å². The summed E-state index contributed by atoms with van der Waals surface area (Å²) < 4.78 is 40.0. The quantitative estimate of drug-likeness (QED) is 0.676.